The zero-order valence-corrected chi connectivity index (χ0v) is 44.3. The molecule has 3 fully saturated rings. The van der Waals surface area contributed by atoms with Crippen molar-refractivity contribution in [2.75, 3.05) is 70.7 Å². The van der Waals surface area contributed by atoms with Crippen molar-refractivity contribution in [1.29, 1.82) is 0 Å². The van der Waals surface area contributed by atoms with Gasteiger partial charge in [-0.05, 0) is 142 Å². The normalized spacial score (nSPS) is 20.4. The van der Waals surface area contributed by atoms with Gasteiger partial charge in [0.15, 0.2) is 0 Å². The monoisotopic (exact) mass is 1020 g/mol. The molecule has 1 atom stereocenters. The second-order valence-corrected chi connectivity index (χ2v) is 28.2. The zero-order chi connectivity index (χ0) is 51.1. The topological polar surface area (TPSA) is 124 Å². The van der Waals surface area contributed by atoms with Crippen LogP contribution >= 0.6 is 0 Å². The van der Waals surface area contributed by atoms with Gasteiger partial charge in [0, 0.05) is 113 Å². The third kappa shape index (κ3) is 11.0. The minimum Gasteiger partial charge on any atom is -0.493 e. The van der Waals surface area contributed by atoms with Crippen LogP contribution in [0, 0.1) is 5.92 Å². The molecule has 6 aliphatic heterocycles. The number of amides is 4. The third-order valence-corrected chi connectivity index (χ3v) is 18.1. The van der Waals surface area contributed by atoms with Gasteiger partial charge in [-0.1, -0.05) is 31.8 Å². The Bertz CT molecular complexity index is 2730. The van der Waals surface area contributed by atoms with E-state index < -0.39 is 20.5 Å². The Kier molecular flexibility index (Phi) is 14.9. The van der Waals surface area contributed by atoms with Gasteiger partial charge in [0.25, 0.3) is 18.2 Å². The van der Waals surface area contributed by atoms with E-state index in [4.69, 9.17) is 9.47 Å². The van der Waals surface area contributed by atoms with E-state index in [1.807, 2.05) is 23.1 Å². The molecule has 0 radical (unpaired) electrons. The molecule has 4 amide bonds. The number of nitrogens with zero attached hydrogens (tertiary/aromatic N) is 8. The second-order valence-electron chi connectivity index (χ2n) is 22.6. The zero-order valence-electron chi connectivity index (χ0n) is 43.3. The van der Waals surface area contributed by atoms with Gasteiger partial charge in [-0.3, -0.25) is 28.8 Å². The first-order valence-electron chi connectivity index (χ1n) is 26.6. The number of aryl methyl sites for hydroxylation is 2. The lowest BCUT2D eigenvalue weighted by molar-refractivity contribution is -0.158. The molecule has 0 bridgehead atoms. The number of benzene rings is 3. The first-order valence-corrected chi connectivity index (χ1v) is 30.3. The van der Waals surface area contributed by atoms with Crippen LogP contribution in [0.15, 0.2) is 54.9 Å². The Balaban J connectivity index is 0.717. The number of piperidine rings is 3. The number of likely N-dealkylation sites (tertiary alicyclic amines) is 3. The van der Waals surface area contributed by atoms with Gasteiger partial charge in [-0.15, -0.1) is 0 Å². The van der Waals surface area contributed by atoms with Crippen LogP contribution in [0.3, 0.4) is 0 Å². The summed E-state index contributed by atoms with van der Waals surface area (Å²) in [7, 11) is 0.467. The van der Waals surface area contributed by atoms with Gasteiger partial charge in [0.2, 0.25) is 11.8 Å². The molecule has 6 aliphatic rings. The molecule has 1 aromatic heterocycles. The number of imide groups is 1. The smallest absolute Gasteiger partial charge is 0.264 e. The average molecular weight is 1020 g/mol. The van der Waals surface area contributed by atoms with E-state index in [-0.39, 0.29) is 48.9 Å². The van der Waals surface area contributed by atoms with Crippen molar-refractivity contribution in [3.8, 4) is 16.9 Å². The van der Waals surface area contributed by atoms with Crippen LogP contribution in [-0.2, 0) is 52.2 Å². The lowest BCUT2D eigenvalue weighted by atomic mass is 9.86. The summed E-state index contributed by atoms with van der Waals surface area (Å²) in [6, 6.07) is 14.1. The fourth-order valence-electron chi connectivity index (χ4n) is 12.0. The Morgan fingerprint density at radius 1 is 0.836 bits per heavy atom. The molecule has 3 saturated heterocycles. The van der Waals surface area contributed by atoms with Gasteiger partial charge in [-0.2, -0.15) is 5.10 Å². The molecule has 1 unspecified atom stereocenters. The second kappa shape index (κ2) is 21.4. The number of anilines is 2. The first kappa shape index (κ1) is 51.0. The van der Waals surface area contributed by atoms with Crippen LogP contribution in [0.4, 0.5) is 20.2 Å². The number of hydrogen-bond acceptors (Lipinski definition) is 10. The van der Waals surface area contributed by atoms with Gasteiger partial charge in [0.1, 0.15) is 18.5 Å². The molecule has 0 saturated carbocycles. The highest BCUT2D eigenvalue weighted by molar-refractivity contribution is 6.76. The van der Waals surface area contributed by atoms with Crippen molar-refractivity contribution in [2.24, 2.45) is 13.0 Å². The molecule has 0 N–H and O–H groups in total. The summed E-state index contributed by atoms with van der Waals surface area (Å²) < 4.78 is 43.5. The van der Waals surface area contributed by atoms with Gasteiger partial charge in [0.05, 0.1) is 19.3 Å². The van der Waals surface area contributed by atoms with E-state index in [1.165, 1.54) is 10.5 Å². The number of rotatable bonds is 16. The summed E-state index contributed by atoms with van der Waals surface area (Å²) in [6.45, 7) is 17.5. The highest BCUT2D eigenvalue weighted by Gasteiger charge is 2.44. The van der Waals surface area contributed by atoms with Gasteiger partial charge >= 0.3 is 0 Å². The maximum Gasteiger partial charge on any atom is 0.264 e. The van der Waals surface area contributed by atoms with Crippen LogP contribution in [0.25, 0.3) is 11.1 Å². The first-order chi connectivity index (χ1) is 35.1. The number of halogens is 2. The molecule has 73 heavy (non-hydrogen) atoms. The summed E-state index contributed by atoms with van der Waals surface area (Å²) in [5.74, 6) is 0.662. The van der Waals surface area contributed by atoms with Crippen molar-refractivity contribution in [3.63, 3.8) is 0 Å². The standard InChI is InChI=1S/C56H72F2N8O6Si/c1-37(67)63-32-42-26-41(28-51(47(42)33-63)64-17-7-8-40-27-45(43-30-59-60(2)31-43)46(54(57)58)29-50(40)64)39-15-20-62(21-16-39)23-22-61-18-13-38(14-19-61)35-72-52-10-6-9-44-48(52)34-65(55(44)69)49-11-12-53(68)66(56(49)70)36-71-24-25-73(3,4)5/h6,9-10,26-31,38-39,49,54H,7-8,11-25,32-36H2,1-5H3. The Hall–Kier alpha value is -5.49. The molecular weight excluding hydrogens is 947 g/mol. The SMILES string of the molecule is CC(=O)N1Cc2cc(C3CCN(CCN4CCC(COc5cccc6c5CN(C5CCC(=O)N(COCC[Si](C)(C)C)C5=O)C6=O)CC4)CC3)cc(N3CCCc4cc(-c5cnn(C)c5)c(C(F)F)cc43)c2C1. The van der Waals surface area contributed by atoms with E-state index in [0.717, 1.165) is 124 Å². The number of ether oxygens (including phenoxy) is 2. The minimum atomic E-state index is -2.64. The molecule has 0 aliphatic carbocycles. The molecule has 7 heterocycles. The lowest BCUT2D eigenvalue weighted by Gasteiger charge is -2.37. The Morgan fingerprint density at radius 3 is 2.29 bits per heavy atom. The molecule has 4 aromatic rings. The fraction of sp³-hybridized carbons (Fsp3) is 0.554. The molecule has 0 spiro atoms. The van der Waals surface area contributed by atoms with Crippen molar-refractivity contribution in [1.82, 2.24) is 34.3 Å². The predicted molar refractivity (Wildman–Crippen MR) is 279 cm³/mol. The fourth-order valence-corrected chi connectivity index (χ4v) is 12.7. The number of alkyl halides is 2. The maximum absolute atomic E-state index is 14.8. The van der Waals surface area contributed by atoms with Crippen LogP contribution in [-0.4, -0.2) is 138 Å². The molecule has 390 valence electrons. The van der Waals surface area contributed by atoms with Gasteiger partial charge in [-0.25, -0.2) is 8.78 Å². The van der Waals surface area contributed by atoms with E-state index in [0.29, 0.717) is 67.0 Å². The Morgan fingerprint density at radius 2 is 1.59 bits per heavy atom. The number of aromatic nitrogens is 2. The third-order valence-electron chi connectivity index (χ3n) is 16.4. The molecule has 17 heteroatoms. The van der Waals surface area contributed by atoms with Crippen molar-refractivity contribution in [2.45, 2.75) is 122 Å². The summed E-state index contributed by atoms with van der Waals surface area (Å²) in [6.07, 6.45) is 7.13. The van der Waals surface area contributed by atoms with E-state index in [9.17, 15) is 28.0 Å². The van der Waals surface area contributed by atoms with Crippen LogP contribution in [0.2, 0.25) is 25.7 Å². The number of carbonyl (C=O) groups excluding carboxylic acids is 4. The molecule has 3 aromatic carbocycles. The van der Waals surface area contributed by atoms with Gasteiger partial charge < -0.3 is 34.0 Å². The quantitative estimate of drug-likeness (QED) is 0.0612. The largest absolute Gasteiger partial charge is 0.493 e. The summed E-state index contributed by atoms with van der Waals surface area (Å²) in [4.78, 5) is 65.0. The highest BCUT2D eigenvalue weighted by Crippen LogP contribution is 2.46. The number of hydrogen-bond donors (Lipinski definition) is 0. The van der Waals surface area contributed by atoms with Crippen LogP contribution in [0.5, 0.6) is 5.75 Å². The summed E-state index contributed by atoms with van der Waals surface area (Å²) in [5.41, 5.74) is 9.10. The van der Waals surface area contributed by atoms with Crippen molar-refractivity contribution in [3.05, 3.63) is 93.8 Å². The van der Waals surface area contributed by atoms with Crippen molar-refractivity contribution >= 4 is 43.1 Å². The molecular formula is C56H72F2N8O6Si. The number of fused-ring (bicyclic) bond motifs is 3. The average Bonchev–Trinajstić information content (AvgIpc) is 4.11. The predicted octanol–water partition coefficient (Wildman–Crippen LogP) is 8.73. The van der Waals surface area contributed by atoms with E-state index in [1.54, 1.807) is 48.1 Å². The minimum absolute atomic E-state index is 0.0137. The molecule has 10 rings (SSSR count). The highest BCUT2D eigenvalue weighted by atomic mass is 28.3. The van der Waals surface area contributed by atoms with Crippen molar-refractivity contribution < 1.29 is 37.4 Å². The van der Waals surface area contributed by atoms with E-state index >= 15 is 0 Å². The summed E-state index contributed by atoms with van der Waals surface area (Å²) >= 11 is 0. The molecule has 14 nitrogen and oxygen atoms in total. The van der Waals surface area contributed by atoms with Crippen LogP contribution in [0.1, 0.15) is 108 Å². The van der Waals surface area contributed by atoms with Crippen LogP contribution < -0.4 is 9.64 Å². The maximum atomic E-state index is 14.8. The van der Waals surface area contributed by atoms with E-state index in [2.05, 4.69) is 51.6 Å². The number of carbonyl (C=O) groups is 4. The summed E-state index contributed by atoms with van der Waals surface area (Å²) in [5, 5.41) is 4.27. The Labute approximate surface area is 429 Å². The lowest BCUT2D eigenvalue weighted by Crippen LogP contribution is -2.55.